The molecule has 0 aromatic heterocycles. The second-order valence-corrected chi connectivity index (χ2v) is 8.32. The van der Waals surface area contributed by atoms with Gasteiger partial charge < -0.3 is 20.6 Å². The largest absolute Gasteiger partial charge is 0.504 e. The lowest BCUT2D eigenvalue weighted by Gasteiger charge is -2.62. The van der Waals surface area contributed by atoms with E-state index in [2.05, 4.69) is 23.7 Å². The maximum Gasteiger partial charge on any atom is 0.161 e. The fraction of sp³-hybridized carbons (Fsp3) is 0.636. The zero-order chi connectivity index (χ0) is 19.8. The summed E-state index contributed by atoms with van der Waals surface area (Å²) in [6, 6.07) is 3.64. The first kappa shape index (κ1) is 20.2. The summed E-state index contributed by atoms with van der Waals surface area (Å²) in [5.41, 5.74) is 0.0884. The van der Waals surface area contributed by atoms with Crippen molar-refractivity contribution in [2.45, 2.75) is 69.1 Å². The van der Waals surface area contributed by atoms with Crippen molar-refractivity contribution in [3.8, 4) is 11.5 Å². The number of piperidine rings is 1. The number of rotatable bonds is 5. The van der Waals surface area contributed by atoms with E-state index in [-0.39, 0.29) is 23.6 Å². The SMILES string of the molecule is C=CCN1CC[C@]2(c3c(C)ccc(O)c3O)CC(NC)CCC2(O)[C@H]1CC. The van der Waals surface area contributed by atoms with Crippen molar-refractivity contribution < 1.29 is 15.3 Å². The highest BCUT2D eigenvalue weighted by Gasteiger charge is 2.62. The molecule has 4 N–H and O–H groups in total. The summed E-state index contributed by atoms with van der Waals surface area (Å²) in [6.45, 7) is 9.54. The number of benzene rings is 1. The van der Waals surface area contributed by atoms with E-state index in [0.29, 0.717) is 6.42 Å². The third-order valence-electron chi connectivity index (χ3n) is 7.12. The van der Waals surface area contributed by atoms with E-state index < -0.39 is 11.0 Å². The van der Waals surface area contributed by atoms with Crippen molar-refractivity contribution in [1.82, 2.24) is 10.2 Å². The van der Waals surface area contributed by atoms with Crippen LogP contribution in [0.2, 0.25) is 0 Å². The van der Waals surface area contributed by atoms with E-state index in [1.54, 1.807) is 0 Å². The third kappa shape index (κ3) is 2.96. The third-order valence-corrected chi connectivity index (χ3v) is 7.12. The molecule has 1 aliphatic carbocycles. The molecule has 1 aromatic rings. The zero-order valence-corrected chi connectivity index (χ0v) is 16.8. The first-order valence-corrected chi connectivity index (χ1v) is 10.1. The van der Waals surface area contributed by atoms with E-state index in [1.807, 2.05) is 26.1 Å². The van der Waals surface area contributed by atoms with Crippen LogP contribution in [-0.4, -0.2) is 58.0 Å². The summed E-state index contributed by atoms with van der Waals surface area (Å²) < 4.78 is 0. The summed E-state index contributed by atoms with van der Waals surface area (Å²) in [7, 11) is 1.96. The second-order valence-electron chi connectivity index (χ2n) is 8.32. The Bertz CT molecular complexity index is 707. The summed E-state index contributed by atoms with van der Waals surface area (Å²) in [5, 5.41) is 36.7. The number of nitrogens with one attached hydrogen (secondary N) is 1. The Labute approximate surface area is 162 Å². The van der Waals surface area contributed by atoms with Crippen LogP contribution in [0, 0.1) is 6.92 Å². The Morgan fingerprint density at radius 2 is 2.07 bits per heavy atom. The quantitative estimate of drug-likeness (QED) is 0.471. The van der Waals surface area contributed by atoms with Crippen LogP contribution < -0.4 is 5.32 Å². The number of hydrogen-bond acceptors (Lipinski definition) is 5. The number of aliphatic hydroxyl groups is 1. The molecule has 1 saturated heterocycles. The van der Waals surface area contributed by atoms with Crippen LogP contribution in [0.3, 0.4) is 0 Å². The van der Waals surface area contributed by atoms with E-state index >= 15 is 0 Å². The number of hydrogen-bond donors (Lipinski definition) is 4. The smallest absolute Gasteiger partial charge is 0.161 e. The molecule has 0 radical (unpaired) electrons. The minimum atomic E-state index is -0.966. The number of phenolic OH excluding ortho intramolecular Hbond substituents is 2. The Kier molecular flexibility index (Phi) is 5.57. The summed E-state index contributed by atoms with van der Waals surface area (Å²) in [5.74, 6) is -0.183. The molecule has 0 amide bonds. The van der Waals surface area contributed by atoms with Gasteiger partial charge in [0.05, 0.1) is 5.60 Å². The van der Waals surface area contributed by atoms with Gasteiger partial charge in [0.15, 0.2) is 11.5 Å². The monoisotopic (exact) mass is 374 g/mol. The minimum Gasteiger partial charge on any atom is -0.504 e. The zero-order valence-electron chi connectivity index (χ0n) is 16.8. The highest BCUT2D eigenvalue weighted by atomic mass is 16.3. The van der Waals surface area contributed by atoms with Crippen LogP contribution in [0.15, 0.2) is 24.8 Å². The number of aromatic hydroxyl groups is 2. The van der Waals surface area contributed by atoms with Crippen LogP contribution in [0.5, 0.6) is 11.5 Å². The Hall–Kier alpha value is -1.56. The maximum absolute atomic E-state index is 12.2. The highest BCUT2D eigenvalue weighted by molar-refractivity contribution is 5.55. The van der Waals surface area contributed by atoms with Crippen LogP contribution in [0.1, 0.15) is 50.2 Å². The lowest BCUT2D eigenvalue weighted by atomic mass is 9.51. The molecule has 1 heterocycles. The number of phenols is 2. The fourth-order valence-electron chi connectivity index (χ4n) is 5.88. The van der Waals surface area contributed by atoms with Crippen LogP contribution in [-0.2, 0) is 5.41 Å². The normalized spacial score (nSPS) is 34.2. The van der Waals surface area contributed by atoms with Crippen molar-refractivity contribution in [1.29, 1.82) is 0 Å². The van der Waals surface area contributed by atoms with Gasteiger partial charge in [0.1, 0.15) is 0 Å². The van der Waals surface area contributed by atoms with Gasteiger partial charge in [-0.15, -0.1) is 6.58 Å². The molecule has 0 spiro atoms. The number of nitrogens with zero attached hydrogens (tertiary/aromatic N) is 1. The lowest BCUT2D eigenvalue weighted by molar-refractivity contribution is -0.162. The molecular formula is C22H34N2O3. The van der Waals surface area contributed by atoms with Gasteiger partial charge in [-0.3, -0.25) is 4.90 Å². The summed E-state index contributed by atoms with van der Waals surface area (Å²) >= 11 is 0. The molecule has 0 bridgehead atoms. The second kappa shape index (κ2) is 7.46. The van der Waals surface area contributed by atoms with E-state index in [9.17, 15) is 15.3 Å². The van der Waals surface area contributed by atoms with Crippen LogP contribution in [0.25, 0.3) is 0 Å². The van der Waals surface area contributed by atoms with Gasteiger partial charge in [0.25, 0.3) is 0 Å². The van der Waals surface area contributed by atoms with Gasteiger partial charge in [-0.1, -0.05) is 19.1 Å². The maximum atomic E-state index is 12.2. The average Bonchev–Trinajstić information content (AvgIpc) is 2.65. The van der Waals surface area contributed by atoms with Gasteiger partial charge >= 0.3 is 0 Å². The molecule has 2 unspecified atom stereocenters. The van der Waals surface area contributed by atoms with Gasteiger partial charge in [0.2, 0.25) is 0 Å². The molecule has 1 aromatic carbocycles. The fourth-order valence-corrected chi connectivity index (χ4v) is 5.88. The molecule has 3 rings (SSSR count). The predicted molar refractivity (Wildman–Crippen MR) is 108 cm³/mol. The Morgan fingerprint density at radius 1 is 1.33 bits per heavy atom. The van der Waals surface area contributed by atoms with Crippen LogP contribution >= 0.6 is 0 Å². The van der Waals surface area contributed by atoms with E-state index in [1.165, 1.54) is 6.07 Å². The molecule has 27 heavy (non-hydrogen) atoms. The molecule has 4 atom stereocenters. The van der Waals surface area contributed by atoms with Crippen LogP contribution in [0.4, 0.5) is 0 Å². The molecule has 1 aliphatic heterocycles. The summed E-state index contributed by atoms with van der Waals surface area (Å²) in [4.78, 5) is 2.32. The number of fused-ring (bicyclic) bond motifs is 1. The van der Waals surface area contributed by atoms with E-state index in [4.69, 9.17) is 0 Å². The van der Waals surface area contributed by atoms with Crippen molar-refractivity contribution in [2.24, 2.45) is 0 Å². The Morgan fingerprint density at radius 3 is 2.70 bits per heavy atom. The van der Waals surface area contributed by atoms with Gasteiger partial charge in [-0.25, -0.2) is 0 Å². The average molecular weight is 375 g/mol. The lowest BCUT2D eigenvalue weighted by Crippen LogP contribution is -2.71. The van der Waals surface area contributed by atoms with Crippen molar-refractivity contribution >= 4 is 0 Å². The molecule has 1 saturated carbocycles. The molecule has 2 fully saturated rings. The number of likely N-dealkylation sites (tertiary alicyclic amines) is 1. The minimum absolute atomic E-state index is 0.0109. The number of aryl methyl sites for hydroxylation is 1. The summed E-state index contributed by atoms with van der Waals surface area (Å²) in [6.07, 6.45) is 5.77. The first-order valence-electron chi connectivity index (χ1n) is 10.1. The molecule has 5 nitrogen and oxygen atoms in total. The highest BCUT2D eigenvalue weighted by Crippen LogP contribution is 2.58. The van der Waals surface area contributed by atoms with Gasteiger partial charge in [-0.05, 0) is 64.3 Å². The van der Waals surface area contributed by atoms with Crippen molar-refractivity contribution in [2.75, 3.05) is 20.1 Å². The van der Waals surface area contributed by atoms with Crippen molar-refractivity contribution in [3.05, 3.63) is 35.9 Å². The van der Waals surface area contributed by atoms with Crippen molar-refractivity contribution in [3.63, 3.8) is 0 Å². The topological polar surface area (TPSA) is 76.0 Å². The molecule has 5 heteroatoms. The Balaban J connectivity index is 2.21. The molecular weight excluding hydrogens is 340 g/mol. The standard InChI is InChI=1S/C22H34N2O3/c1-5-12-24-13-11-21(19-15(3)7-8-17(25)20(19)26)14-16(23-4)9-10-22(21,27)18(24)6-2/h5,7-8,16,18,23,25-27H,1,6,9-14H2,2-4H3/t16?,18-,21-,22?/m1/s1. The van der Waals surface area contributed by atoms with Gasteiger partial charge in [0, 0.05) is 29.6 Å². The van der Waals surface area contributed by atoms with Gasteiger partial charge in [-0.2, -0.15) is 0 Å². The molecule has 150 valence electrons. The predicted octanol–water partition coefficient (Wildman–Crippen LogP) is 2.82. The molecule has 2 aliphatic rings. The van der Waals surface area contributed by atoms with E-state index in [0.717, 1.165) is 49.9 Å². The first-order chi connectivity index (χ1) is 12.8.